The van der Waals surface area contributed by atoms with Crippen molar-refractivity contribution in [1.29, 1.82) is 0 Å². The summed E-state index contributed by atoms with van der Waals surface area (Å²) in [5.41, 5.74) is 17.0. The van der Waals surface area contributed by atoms with Gasteiger partial charge in [0, 0.05) is 55.5 Å². The first-order valence-electron chi connectivity index (χ1n) is 21.7. The summed E-state index contributed by atoms with van der Waals surface area (Å²) in [6.45, 7) is 0. The standard InChI is InChI=1S/C52H43N3O/c1-2-6-30(7-3-1)38-23-45-39(36-8-4-5-9-44(36)56-45)22-37(38)31-20-40-48-42(24-53-50-34-16-26-10-27(17-34)13-32(12-26)46(48)50)55-43-25-54-51-35-18-28-11-29(19-35)15-33(14-28)47(51)49(43)41(21-31)52(40)55/h1-9,20-29,32-35H,10-19H2. The summed E-state index contributed by atoms with van der Waals surface area (Å²) >= 11 is 0. The van der Waals surface area contributed by atoms with E-state index < -0.39 is 0 Å². The molecule has 272 valence electrons. The van der Waals surface area contributed by atoms with Crippen LogP contribution in [0.4, 0.5) is 0 Å². The predicted octanol–water partition coefficient (Wildman–Crippen LogP) is 13.6. The molecular weight excluding hydrogens is 683 g/mol. The second kappa shape index (κ2) is 10.4. The van der Waals surface area contributed by atoms with E-state index in [4.69, 9.17) is 14.4 Å². The molecule has 4 aromatic carbocycles. The van der Waals surface area contributed by atoms with E-state index in [9.17, 15) is 0 Å². The molecule has 4 atom stereocenters. The van der Waals surface area contributed by atoms with Gasteiger partial charge in [-0.25, -0.2) is 0 Å². The Kier molecular flexibility index (Phi) is 5.56. The number of pyridine rings is 2. The van der Waals surface area contributed by atoms with Gasteiger partial charge in [0.05, 0.1) is 28.9 Å². The van der Waals surface area contributed by atoms with Crippen molar-refractivity contribution in [1.82, 2.24) is 14.4 Å². The normalized spacial score (nSPS) is 28.7. The Labute approximate surface area is 325 Å². The molecule has 4 unspecified atom stereocenters. The van der Waals surface area contributed by atoms with Gasteiger partial charge in [-0.05, 0) is 163 Å². The van der Waals surface area contributed by atoms with Crippen LogP contribution in [0.25, 0.3) is 82.3 Å². The van der Waals surface area contributed by atoms with Crippen molar-refractivity contribution in [2.24, 2.45) is 23.7 Å². The third-order valence-corrected chi connectivity index (χ3v) is 16.4. The Balaban J connectivity index is 1.11. The molecule has 8 aliphatic carbocycles. The zero-order valence-electron chi connectivity index (χ0n) is 31.6. The van der Waals surface area contributed by atoms with Gasteiger partial charge < -0.3 is 8.82 Å². The smallest absolute Gasteiger partial charge is 0.136 e. The molecule has 0 amide bonds. The lowest BCUT2D eigenvalue weighted by molar-refractivity contribution is 0.165. The molecule has 0 saturated heterocycles. The van der Waals surface area contributed by atoms with Crippen molar-refractivity contribution in [2.45, 2.75) is 87.9 Å². The molecule has 0 spiro atoms. The molecule has 0 N–H and O–H groups in total. The minimum absolute atomic E-state index is 0.603. The van der Waals surface area contributed by atoms with Crippen molar-refractivity contribution >= 4 is 60.0 Å². The second-order valence-electron chi connectivity index (χ2n) is 19.4. The monoisotopic (exact) mass is 725 g/mol. The number of para-hydroxylation sites is 1. The van der Waals surface area contributed by atoms with Crippen molar-refractivity contribution in [2.75, 3.05) is 0 Å². The van der Waals surface area contributed by atoms with Crippen LogP contribution in [0, 0.1) is 23.7 Å². The molecule has 8 aliphatic rings. The molecular formula is C52H43N3O. The summed E-state index contributed by atoms with van der Waals surface area (Å²) < 4.78 is 9.19. The summed E-state index contributed by atoms with van der Waals surface area (Å²) in [5, 5.41) is 8.19. The molecule has 8 bridgehead atoms. The average molecular weight is 726 g/mol. The minimum atomic E-state index is 0.603. The minimum Gasteiger partial charge on any atom is -0.456 e. The second-order valence-corrected chi connectivity index (χ2v) is 19.4. The third-order valence-electron chi connectivity index (χ3n) is 16.4. The summed E-state index contributed by atoms with van der Waals surface area (Å²) in [6.07, 6.45) is 18.1. The quantitative estimate of drug-likeness (QED) is 0.178. The number of hydrogen-bond acceptors (Lipinski definition) is 3. The van der Waals surface area contributed by atoms with Gasteiger partial charge in [0.1, 0.15) is 11.2 Å². The lowest BCUT2D eigenvalue weighted by atomic mass is 9.67. The highest BCUT2D eigenvalue weighted by molar-refractivity contribution is 6.26. The summed E-state index contributed by atoms with van der Waals surface area (Å²) in [7, 11) is 0. The van der Waals surface area contributed by atoms with Gasteiger partial charge >= 0.3 is 0 Å². The van der Waals surface area contributed by atoms with Crippen LogP contribution in [-0.4, -0.2) is 14.4 Å². The molecule has 4 nitrogen and oxygen atoms in total. The van der Waals surface area contributed by atoms with E-state index in [1.165, 1.54) is 147 Å². The highest BCUT2D eigenvalue weighted by Crippen LogP contribution is 2.60. The highest BCUT2D eigenvalue weighted by Gasteiger charge is 2.46. The van der Waals surface area contributed by atoms with Crippen molar-refractivity contribution < 1.29 is 4.42 Å². The fraction of sp³-hybridized carbons (Fsp3) is 0.346. The molecule has 4 fully saturated rings. The van der Waals surface area contributed by atoms with E-state index in [1.54, 1.807) is 11.1 Å². The average Bonchev–Trinajstić information content (AvgIpc) is 3.79. The predicted molar refractivity (Wildman–Crippen MR) is 226 cm³/mol. The first-order chi connectivity index (χ1) is 27.7. The maximum absolute atomic E-state index is 6.56. The molecule has 9 aromatic rings. The van der Waals surface area contributed by atoms with E-state index in [0.717, 1.165) is 34.8 Å². The number of benzene rings is 4. The zero-order chi connectivity index (χ0) is 36.0. The summed E-state index contributed by atoms with van der Waals surface area (Å²) in [6, 6.07) is 29.5. The van der Waals surface area contributed by atoms with Gasteiger partial charge in [-0.15, -0.1) is 0 Å². The largest absolute Gasteiger partial charge is 0.456 e. The van der Waals surface area contributed by atoms with Crippen LogP contribution < -0.4 is 0 Å². The van der Waals surface area contributed by atoms with Crippen LogP contribution in [0.3, 0.4) is 0 Å². The number of furan rings is 1. The lowest BCUT2D eigenvalue weighted by Gasteiger charge is -2.38. The van der Waals surface area contributed by atoms with Crippen molar-refractivity contribution in [3.05, 3.63) is 114 Å². The molecule has 4 heteroatoms. The van der Waals surface area contributed by atoms with Crippen LogP contribution >= 0.6 is 0 Å². The molecule has 17 rings (SSSR count). The first kappa shape index (κ1) is 30.0. The summed E-state index contributed by atoms with van der Waals surface area (Å²) in [4.78, 5) is 11.0. The number of aromatic nitrogens is 3. The lowest BCUT2D eigenvalue weighted by Crippen LogP contribution is -2.25. The first-order valence-corrected chi connectivity index (χ1v) is 21.7. The number of nitrogens with zero attached hydrogens (tertiary/aromatic N) is 3. The van der Waals surface area contributed by atoms with E-state index in [-0.39, 0.29) is 0 Å². The van der Waals surface area contributed by atoms with Crippen LogP contribution in [-0.2, 0) is 0 Å². The van der Waals surface area contributed by atoms with Gasteiger partial charge in [-0.2, -0.15) is 0 Å². The SMILES string of the molecule is c1ccc(-c2cc3oc4ccccc4c3cc2-c2cc3c4c5c(ncc4n4c6cnc7c(c6c(c2)c34)C2CC3CC(CC7C3)C2)C2CC3CC(C2)CC5C3)cc1. The maximum Gasteiger partial charge on any atom is 0.136 e. The third kappa shape index (κ3) is 3.77. The molecule has 56 heavy (non-hydrogen) atoms. The Morgan fingerprint density at radius 2 is 1.00 bits per heavy atom. The van der Waals surface area contributed by atoms with Crippen LogP contribution in [0.15, 0.2) is 95.7 Å². The van der Waals surface area contributed by atoms with E-state index >= 15 is 0 Å². The Bertz CT molecular complexity index is 3010. The zero-order valence-corrected chi connectivity index (χ0v) is 31.6. The van der Waals surface area contributed by atoms with Gasteiger partial charge in [0.2, 0.25) is 0 Å². The van der Waals surface area contributed by atoms with E-state index in [0.29, 0.717) is 23.7 Å². The Hall–Kier alpha value is -5.22. The molecule has 5 heterocycles. The highest BCUT2D eigenvalue weighted by atomic mass is 16.3. The van der Waals surface area contributed by atoms with Gasteiger partial charge in [-0.3, -0.25) is 9.97 Å². The molecule has 0 aliphatic heterocycles. The van der Waals surface area contributed by atoms with Crippen molar-refractivity contribution in [3.63, 3.8) is 0 Å². The number of rotatable bonds is 2. The van der Waals surface area contributed by atoms with Gasteiger partial charge in [-0.1, -0.05) is 48.5 Å². The topological polar surface area (TPSA) is 43.3 Å². The fourth-order valence-electron chi connectivity index (χ4n) is 14.7. The number of fused-ring (bicyclic) bond motifs is 9. The fourth-order valence-corrected chi connectivity index (χ4v) is 14.7. The Morgan fingerprint density at radius 1 is 0.464 bits per heavy atom. The molecule has 0 radical (unpaired) electrons. The van der Waals surface area contributed by atoms with E-state index in [2.05, 4.69) is 95.7 Å². The van der Waals surface area contributed by atoms with Crippen LogP contribution in [0.1, 0.15) is 110 Å². The van der Waals surface area contributed by atoms with Gasteiger partial charge in [0.15, 0.2) is 0 Å². The number of hydrogen-bond donors (Lipinski definition) is 0. The Morgan fingerprint density at radius 3 is 1.61 bits per heavy atom. The van der Waals surface area contributed by atoms with Gasteiger partial charge in [0.25, 0.3) is 0 Å². The molecule has 5 aromatic heterocycles. The summed E-state index contributed by atoms with van der Waals surface area (Å²) in [5.74, 6) is 5.82. The molecule has 4 saturated carbocycles. The maximum atomic E-state index is 6.56. The van der Waals surface area contributed by atoms with E-state index in [1.807, 2.05) is 0 Å². The van der Waals surface area contributed by atoms with Crippen LogP contribution in [0.2, 0.25) is 0 Å². The van der Waals surface area contributed by atoms with Crippen LogP contribution in [0.5, 0.6) is 0 Å². The van der Waals surface area contributed by atoms with Crippen molar-refractivity contribution in [3.8, 4) is 22.3 Å².